The Hall–Kier alpha value is -2.08. The van der Waals surface area contributed by atoms with Crippen molar-refractivity contribution in [2.24, 2.45) is 16.7 Å². The second kappa shape index (κ2) is 8.69. The first-order valence-electron chi connectivity index (χ1n) is 12.2. The van der Waals surface area contributed by atoms with Crippen LogP contribution in [0, 0.1) is 16.7 Å². The zero-order chi connectivity index (χ0) is 23.1. The quantitative estimate of drug-likeness (QED) is 0.751. The molecule has 0 unspecified atom stereocenters. The average Bonchev–Trinajstić information content (AvgIpc) is 2.77. The van der Waals surface area contributed by atoms with Gasteiger partial charge in [0.25, 0.3) is 5.91 Å². The number of hydrogen-bond donors (Lipinski definition) is 2. The molecular formula is C26H39N3O3. The molecule has 32 heavy (non-hydrogen) atoms. The highest BCUT2D eigenvalue weighted by molar-refractivity contribution is 5.95. The molecule has 2 amide bonds. The lowest BCUT2D eigenvalue weighted by Gasteiger charge is -2.57. The van der Waals surface area contributed by atoms with Crippen LogP contribution in [-0.4, -0.2) is 60.1 Å². The molecule has 4 rings (SSSR count). The third kappa shape index (κ3) is 4.66. The van der Waals surface area contributed by atoms with Gasteiger partial charge < -0.3 is 20.2 Å². The van der Waals surface area contributed by atoms with Gasteiger partial charge in [0, 0.05) is 49.4 Å². The Morgan fingerprint density at radius 3 is 2.00 bits per heavy atom. The second-order valence-corrected chi connectivity index (χ2v) is 11.4. The zero-order valence-electron chi connectivity index (χ0n) is 20.1. The Balaban J connectivity index is 1.29. The van der Waals surface area contributed by atoms with Crippen molar-refractivity contribution >= 4 is 17.5 Å². The van der Waals surface area contributed by atoms with Gasteiger partial charge in [-0.2, -0.15) is 0 Å². The van der Waals surface area contributed by atoms with E-state index in [4.69, 9.17) is 0 Å². The van der Waals surface area contributed by atoms with E-state index < -0.39 is 0 Å². The van der Waals surface area contributed by atoms with Crippen molar-refractivity contribution in [3.63, 3.8) is 0 Å². The van der Waals surface area contributed by atoms with Crippen LogP contribution in [0.5, 0.6) is 0 Å². The Labute approximate surface area is 192 Å². The Morgan fingerprint density at radius 1 is 0.906 bits per heavy atom. The predicted molar refractivity (Wildman–Crippen MR) is 127 cm³/mol. The first-order chi connectivity index (χ1) is 15.1. The standard InChI is InChI=1S/C26H39N3O3/c1-25(2)17-26(3,4)24(25)27-22(31)18-5-7-20(8-6-18)28-13-9-19(10-14-28)23(32)29-15-11-21(30)12-16-29/h5-8,19,21,24,30H,9-17H2,1-4H3,(H,27,31). The third-order valence-electron chi connectivity index (χ3n) is 7.86. The summed E-state index contributed by atoms with van der Waals surface area (Å²) in [5.41, 5.74) is 2.08. The molecule has 0 bridgehead atoms. The Kier molecular flexibility index (Phi) is 6.27. The van der Waals surface area contributed by atoms with E-state index in [0.29, 0.717) is 31.5 Å². The number of hydrogen-bond acceptors (Lipinski definition) is 4. The summed E-state index contributed by atoms with van der Waals surface area (Å²) < 4.78 is 0. The Morgan fingerprint density at radius 2 is 1.47 bits per heavy atom. The van der Waals surface area contributed by atoms with Crippen molar-refractivity contribution < 1.29 is 14.7 Å². The first-order valence-corrected chi connectivity index (χ1v) is 12.2. The third-order valence-corrected chi connectivity index (χ3v) is 7.86. The van der Waals surface area contributed by atoms with E-state index in [1.54, 1.807) is 0 Å². The van der Waals surface area contributed by atoms with E-state index in [2.05, 4.69) is 37.9 Å². The number of amides is 2. The molecule has 176 valence electrons. The number of benzene rings is 1. The molecule has 0 atom stereocenters. The lowest BCUT2D eigenvalue weighted by molar-refractivity contribution is -0.138. The van der Waals surface area contributed by atoms with Crippen molar-refractivity contribution in [1.29, 1.82) is 0 Å². The topological polar surface area (TPSA) is 72.9 Å². The normalized spacial score (nSPS) is 24.2. The summed E-state index contributed by atoms with van der Waals surface area (Å²) in [4.78, 5) is 29.9. The minimum Gasteiger partial charge on any atom is -0.393 e. The largest absolute Gasteiger partial charge is 0.393 e. The number of carbonyl (C=O) groups is 2. The monoisotopic (exact) mass is 441 g/mol. The van der Waals surface area contributed by atoms with Crippen LogP contribution in [0.2, 0.25) is 0 Å². The molecule has 2 N–H and O–H groups in total. The lowest BCUT2D eigenvalue weighted by atomic mass is 9.52. The van der Waals surface area contributed by atoms with Gasteiger partial charge in [-0.25, -0.2) is 0 Å². The van der Waals surface area contributed by atoms with Crippen LogP contribution in [0.1, 0.15) is 70.2 Å². The number of likely N-dealkylation sites (tertiary alicyclic amines) is 1. The van der Waals surface area contributed by atoms with E-state index in [-0.39, 0.29) is 40.7 Å². The molecule has 6 nitrogen and oxygen atoms in total. The summed E-state index contributed by atoms with van der Waals surface area (Å²) >= 11 is 0. The smallest absolute Gasteiger partial charge is 0.251 e. The maximum Gasteiger partial charge on any atom is 0.251 e. The molecule has 0 spiro atoms. The van der Waals surface area contributed by atoms with Crippen molar-refractivity contribution in [1.82, 2.24) is 10.2 Å². The summed E-state index contributed by atoms with van der Waals surface area (Å²) in [7, 11) is 0. The molecule has 0 aromatic heterocycles. The molecule has 3 aliphatic rings. The van der Waals surface area contributed by atoms with Crippen molar-refractivity contribution in [3.05, 3.63) is 29.8 Å². The number of nitrogens with zero attached hydrogens (tertiary/aromatic N) is 2. The SMILES string of the molecule is CC1(C)CC(C)(C)C1NC(=O)c1ccc(N2CCC(C(=O)N3CCC(O)CC3)CC2)cc1. The minimum absolute atomic E-state index is 0.00152. The van der Waals surface area contributed by atoms with Gasteiger partial charge in [-0.3, -0.25) is 9.59 Å². The first kappa shape index (κ1) is 23.1. The average molecular weight is 442 g/mol. The highest BCUT2D eigenvalue weighted by atomic mass is 16.3. The van der Waals surface area contributed by atoms with Crippen molar-refractivity contribution in [3.8, 4) is 0 Å². The van der Waals surface area contributed by atoms with Crippen LogP contribution in [0.3, 0.4) is 0 Å². The number of anilines is 1. The van der Waals surface area contributed by atoms with Crippen LogP contribution in [-0.2, 0) is 4.79 Å². The maximum atomic E-state index is 12.8. The van der Waals surface area contributed by atoms with Crippen LogP contribution < -0.4 is 10.2 Å². The highest BCUT2D eigenvalue weighted by Gasteiger charge is 2.53. The Bertz CT molecular complexity index is 818. The molecular weight excluding hydrogens is 402 g/mol. The fraction of sp³-hybridized carbons (Fsp3) is 0.692. The molecule has 0 radical (unpaired) electrons. The molecule has 1 aliphatic carbocycles. The van der Waals surface area contributed by atoms with E-state index >= 15 is 0 Å². The van der Waals surface area contributed by atoms with Gasteiger partial charge in [0.2, 0.25) is 5.91 Å². The van der Waals surface area contributed by atoms with Crippen molar-refractivity contribution in [2.75, 3.05) is 31.1 Å². The molecule has 2 heterocycles. The van der Waals surface area contributed by atoms with Crippen LogP contribution in [0.4, 0.5) is 5.69 Å². The van der Waals surface area contributed by atoms with Gasteiger partial charge in [0.1, 0.15) is 0 Å². The number of carbonyl (C=O) groups excluding carboxylic acids is 2. The number of aliphatic hydroxyl groups is 1. The van der Waals surface area contributed by atoms with Gasteiger partial charge in [-0.15, -0.1) is 0 Å². The molecule has 1 aromatic rings. The number of nitrogens with one attached hydrogen (secondary N) is 1. The van der Waals surface area contributed by atoms with Crippen molar-refractivity contribution in [2.45, 2.75) is 71.9 Å². The summed E-state index contributed by atoms with van der Waals surface area (Å²) in [6.45, 7) is 11.9. The molecule has 6 heteroatoms. The van der Waals surface area contributed by atoms with E-state index in [9.17, 15) is 14.7 Å². The van der Waals surface area contributed by atoms with E-state index in [1.165, 1.54) is 0 Å². The molecule has 2 aliphatic heterocycles. The van der Waals surface area contributed by atoms with E-state index in [1.807, 2.05) is 29.2 Å². The second-order valence-electron chi connectivity index (χ2n) is 11.4. The fourth-order valence-corrected chi connectivity index (χ4v) is 6.46. The summed E-state index contributed by atoms with van der Waals surface area (Å²) in [6.07, 6.45) is 3.96. The van der Waals surface area contributed by atoms with Crippen LogP contribution in [0.25, 0.3) is 0 Å². The summed E-state index contributed by atoms with van der Waals surface area (Å²) in [5.74, 6) is 0.337. The lowest BCUT2D eigenvalue weighted by Crippen LogP contribution is -2.63. The minimum atomic E-state index is -0.252. The molecule has 3 fully saturated rings. The highest BCUT2D eigenvalue weighted by Crippen LogP contribution is 2.53. The van der Waals surface area contributed by atoms with Gasteiger partial charge in [-0.05, 0) is 67.2 Å². The zero-order valence-corrected chi connectivity index (χ0v) is 20.1. The van der Waals surface area contributed by atoms with Crippen LogP contribution in [0.15, 0.2) is 24.3 Å². The summed E-state index contributed by atoms with van der Waals surface area (Å²) in [5, 5.41) is 12.9. The molecule has 2 saturated heterocycles. The molecule has 1 saturated carbocycles. The van der Waals surface area contributed by atoms with Gasteiger partial charge in [-0.1, -0.05) is 27.7 Å². The van der Waals surface area contributed by atoms with Gasteiger partial charge in [0.15, 0.2) is 0 Å². The molecule has 1 aromatic carbocycles. The fourth-order valence-electron chi connectivity index (χ4n) is 6.46. The number of aliphatic hydroxyl groups excluding tert-OH is 1. The number of piperidine rings is 2. The van der Waals surface area contributed by atoms with Gasteiger partial charge in [0.05, 0.1) is 6.10 Å². The number of rotatable bonds is 4. The van der Waals surface area contributed by atoms with Gasteiger partial charge >= 0.3 is 0 Å². The summed E-state index contributed by atoms with van der Waals surface area (Å²) in [6, 6.07) is 8.07. The predicted octanol–water partition coefficient (Wildman–Crippen LogP) is 3.44. The van der Waals surface area contributed by atoms with E-state index in [0.717, 1.165) is 38.0 Å². The maximum absolute atomic E-state index is 12.8. The van der Waals surface area contributed by atoms with Crippen LogP contribution >= 0.6 is 0 Å².